The summed E-state index contributed by atoms with van der Waals surface area (Å²) in [7, 11) is 0. The van der Waals surface area contributed by atoms with Gasteiger partial charge in [-0.15, -0.1) is 0 Å². The first-order valence-corrected chi connectivity index (χ1v) is 5.10. The fraction of sp³-hybridized carbons (Fsp3) is 1.00. The minimum atomic E-state index is 0.484. The molecule has 1 heteroatoms. The van der Waals surface area contributed by atoms with Gasteiger partial charge < -0.3 is 4.74 Å². The van der Waals surface area contributed by atoms with Crippen molar-refractivity contribution in [2.24, 2.45) is 17.3 Å². The molecule has 1 rings (SSSR count). The Morgan fingerprint density at radius 2 is 2.08 bits per heavy atom. The Kier molecular flexibility index (Phi) is 3.16. The van der Waals surface area contributed by atoms with Crippen LogP contribution in [0.2, 0.25) is 0 Å². The van der Waals surface area contributed by atoms with Crippen LogP contribution < -0.4 is 0 Å². The normalized spacial score (nSPS) is 25.2. The average Bonchev–Trinajstić information content (AvgIpc) is 2.38. The van der Waals surface area contributed by atoms with Crippen LogP contribution in [0.25, 0.3) is 0 Å². The van der Waals surface area contributed by atoms with Gasteiger partial charge in [-0.1, -0.05) is 27.7 Å². The van der Waals surface area contributed by atoms with E-state index < -0.39 is 0 Å². The molecule has 0 N–H and O–H groups in total. The Morgan fingerprint density at radius 3 is 2.50 bits per heavy atom. The van der Waals surface area contributed by atoms with Crippen molar-refractivity contribution in [1.82, 2.24) is 0 Å². The van der Waals surface area contributed by atoms with Crippen molar-refractivity contribution < 1.29 is 4.74 Å². The summed E-state index contributed by atoms with van der Waals surface area (Å²) in [5, 5.41) is 0. The highest BCUT2D eigenvalue weighted by Crippen LogP contribution is 2.35. The Morgan fingerprint density at radius 1 is 1.42 bits per heavy atom. The van der Waals surface area contributed by atoms with E-state index in [-0.39, 0.29) is 0 Å². The van der Waals surface area contributed by atoms with E-state index in [1.165, 1.54) is 12.8 Å². The molecule has 0 aromatic rings. The zero-order valence-electron chi connectivity index (χ0n) is 8.89. The Bertz CT molecular complexity index is 132. The molecule has 0 aromatic heterocycles. The maximum absolute atomic E-state index is 5.38. The second-order valence-electron chi connectivity index (χ2n) is 5.08. The summed E-state index contributed by atoms with van der Waals surface area (Å²) in [5.74, 6) is 1.60. The molecule has 0 bridgehead atoms. The molecule has 0 aromatic carbocycles. The Hall–Kier alpha value is -0.0400. The van der Waals surface area contributed by atoms with Crippen molar-refractivity contribution in [3.63, 3.8) is 0 Å². The first-order valence-electron chi connectivity index (χ1n) is 5.10. The largest absolute Gasteiger partial charge is 0.381 e. The van der Waals surface area contributed by atoms with Crippen molar-refractivity contribution in [2.75, 3.05) is 13.2 Å². The van der Waals surface area contributed by atoms with Crippen LogP contribution >= 0.6 is 0 Å². The SMILES string of the molecule is CC(C)C(C)(C)CC1CCOC1. The summed E-state index contributed by atoms with van der Waals surface area (Å²) in [6.07, 6.45) is 2.60. The van der Waals surface area contributed by atoms with Crippen LogP contribution in [0.4, 0.5) is 0 Å². The molecule has 0 radical (unpaired) electrons. The molecule has 0 spiro atoms. The Balaban J connectivity index is 2.37. The second kappa shape index (κ2) is 3.78. The van der Waals surface area contributed by atoms with Crippen LogP contribution in [-0.4, -0.2) is 13.2 Å². The molecular weight excluding hydrogens is 148 g/mol. The molecule has 1 atom stereocenters. The van der Waals surface area contributed by atoms with Crippen LogP contribution in [-0.2, 0) is 4.74 Å². The molecule has 1 unspecified atom stereocenters. The molecule has 12 heavy (non-hydrogen) atoms. The number of hydrogen-bond donors (Lipinski definition) is 0. The lowest BCUT2D eigenvalue weighted by molar-refractivity contribution is 0.150. The van der Waals surface area contributed by atoms with Gasteiger partial charge in [0.2, 0.25) is 0 Å². The lowest BCUT2D eigenvalue weighted by Crippen LogP contribution is -2.23. The minimum Gasteiger partial charge on any atom is -0.381 e. The van der Waals surface area contributed by atoms with E-state index in [2.05, 4.69) is 27.7 Å². The summed E-state index contributed by atoms with van der Waals surface area (Å²) >= 11 is 0. The monoisotopic (exact) mass is 170 g/mol. The highest BCUT2D eigenvalue weighted by Gasteiger charge is 2.28. The quantitative estimate of drug-likeness (QED) is 0.632. The molecule has 1 aliphatic rings. The van der Waals surface area contributed by atoms with Gasteiger partial charge >= 0.3 is 0 Å². The molecule has 1 fully saturated rings. The fourth-order valence-corrected chi connectivity index (χ4v) is 1.72. The van der Waals surface area contributed by atoms with Crippen molar-refractivity contribution in [3.05, 3.63) is 0 Å². The molecule has 1 aliphatic heterocycles. The van der Waals surface area contributed by atoms with Crippen LogP contribution in [0.15, 0.2) is 0 Å². The highest BCUT2D eigenvalue weighted by molar-refractivity contribution is 4.78. The van der Waals surface area contributed by atoms with Gasteiger partial charge in [0, 0.05) is 13.2 Å². The maximum atomic E-state index is 5.38. The number of ether oxygens (including phenoxy) is 1. The summed E-state index contributed by atoms with van der Waals surface area (Å²) in [6.45, 7) is 11.4. The maximum Gasteiger partial charge on any atom is 0.0495 e. The first kappa shape index (κ1) is 10.0. The second-order valence-corrected chi connectivity index (χ2v) is 5.08. The Labute approximate surface area is 76.5 Å². The third-order valence-electron chi connectivity index (χ3n) is 3.40. The fourth-order valence-electron chi connectivity index (χ4n) is 1.72. The summed E-state index contributed by atoms with van der Waals surface area (Å²) in [4.78, 5) is 0. The van der Waals surface area contributed by atoms with E-state index >= 15 is 0 Å². The van der Waals surface area contributed by atoms with Crippen molar-refractivity contribution in [3.8, 4) is 0 Å². The number of hydrogen-bond acceptors (Lipinski definition) is 1. The molecule has 0 amide bonds. The van der Waals surface area contributed by atoms with Gasteiger partial charge in [-0.05, 0) is 30.1 Å². The smallest absolute Gasteiger partial charge is 0.0495 e. The summed E-state index contributed by atoms with van der Waals surface area (Å²) in [6, 6.07) is 0. The molecule has 72 valence electrons. The van der Waals surface area contributed by atoms with Crippen LogP contribution in [0.1, 0.15) is 40.5 Å². The average molecular weight is 170 g/mol. The molecular formula is C11H22O. The van der Waals surface area contributed by atoms with Gasteiger partial charge in [-0.25, -0.2) is 0 Å². The third kappa shape index (κ3) is 2.48. The van der Waals surface area contributed by atoms with E-state index in [9.17, 15) is 0 Å². The van der Waals surface area contributed by atoms with Crippen LogP contribution in [0, 0.1) is 17.3 Å². The third-order valence-corrected chi connectivity index (χ3v) is 3.40. The van der Waals surface area contributed by atoms with Crippen LogP contribution in [0.5, 0.6) is 0 Å². The molecule has 1 nitrogen and oxygen atoms in total. The predicted molar refractivity (Wildman–Crippen MR) is 52.2 cm³/mol. The molecule has 0 aliphatic carbocycles. The van der Waals surface area contributed by atoms with Gasteiger partial charge in [-0.3, -0.25) is 0 Å². The lowest BCUT2D eigenvalue weighted by Gasteiger charge is -2.31. The van der Waals surface area contributed by atoms with E-state index in [1.54, 1.807) is 0 Å². The van der Waals surface area contributed by atoms with Gasteiger partial charge in [-0.2, -0.15) is 0 Å². The molecule has 1 saturated heterocycles. The van der Waals surface area contributed by atoms with Gasteiger partial charge in [0.05, 0.1) is 0 Å². The summed E-state index contributed by atoms with van der Waals surface area (Å²) in [5.41, 5.74) is 0.484. The summed E-state index contributed by atoms with van der Waals surface area (Å²) < 4.78 is 5.38. The van der Waals surface area contributed by atoms with E-state index in [1.807, 2.05) is 0 Å². The zero-order chi connectivity index (χ0) is 9.19. The van der Waals surface area contributed by atoms with Crippen molar-refractivity contribution in [1.29, 1.82) is 0 Å². The van der Waals surface area contributed by atoms with Crippen molar-refractivity contribution >= 4 is 0 Å². The zero-order valence-corrected chi connectivity index (χ0v) is 8.89. The van der Waals surface area contributed by atoms with Crippen molar-refractivity contribution in [2.45, 2.75) is 40.5 Å². The predicted octanol–water partition coefficient (Wildman–Crippen LogP) is 3.10. The molecule has 0 saturated carbocycles. The van der Waals surface area contributed by atoms with Gasteiger partial charge in [0.15, 0.2) is 0 Å². The topological polar surface area (TPSA) is 9.23 Å². The van der Waals surface area contributed by atoms with Crippen LogP contribution in [0.3, 0.4) is 0 Å². The number of rotatable bonds is 3. The van der Waals surface area contributed by atoms with Gasteiger partial charge in [0.1, 0.15) is 0 Å². The molecule has 1 heterocycles. The van der Waals surface area contributed by atoms with Gasteiger partial charge in [0.25, 0.3) is 0 Å². The van der Waals surface area contributed by atoms with E-state index in [0.717, 1.165) is 25.0 Å². The first-order chi connectivity index (χ1) is 5.52. The standard InChI is InChI=1S/C11H22O/c1-9(2)11(3,4)7-10-5-6-12-8-10/h9-10H,5-8H2,1-4H3. The van der Waals surface area contributed by atoms with E-state index in [0.29, 0.717) is 5.41 Å². The highest BCUT2D eigenvalue weighted by atomic mass is 16.5. The minimum absolute atomic E-state index is 0.484. The lowest BCUT2D eigenvalue weighted by atomic mass is 9.74. The van der Waals surface area contributed by atoms with E-state index in [4.69, 9.17) is 4.74 Å².